The number of aliphatic hydroxyl groups is 2. The average molecular weight is 905 g/mol. The van der Waals surface area contributed by atoms with Gasteiger partial charge in [-0.05, 0) is 51.4 Å². The number of nitrogens with one attached hydrogen (secondary N) is 1. The van der Waals surface area contributed by atoms with Crippen LogP contribution in [0.1, 0.15) is 322 Å². The summed E-state index contributed by atoms with van der Waals surface area (Å²) in [6.07, 6.45) is 63.5. The molecule has 0 saturated carbocycles. The Balaban J connectivity index is 3.38. The van der Waals surface area contributed by atoms with E-state index in [0.29, 0.717) is 25.9 Å². The molecule has 0 rings (SSSR count). The van der Waals surface area contributed by atoms with Crippen LogP contribution in [0.25, 0.3) is 0 Å². The van der Waals surface area contributed by atoms with E-state index in [2.05, 4.69) is 31.3 Å². The summed E-state index contributed by atoms with van der Waals surface area (Å²) in [5.41, 5.74) is 0. The highest BCUT2D eigenvalue weighted by molar-refractivity contribution is 5.76. The van der Waals surface area contributed by atoms with Gasteiger partial charge in [-0.15, -0.1) is 0 Å². The van der Waals surface area contributed by atoms with E-state index in [1.54, 1.807) is 0 Å². The van der Waals surface area contributed by atoms with Crippen LogP contribution in [0.4, 0.5) is 0 Å². The predicted molar refractivity (Wildman–Crippen MR) is 278 cm³/mol. The number of allylic oxidation sites excluding steroid dienone is 2. The van der Waals surface area contributed by atoms with Gasteiger partial charge in [0.15, 0.2) is 0 Å². The van der Waals surface area contributed by atoms with Gasteiger partial charge in [-0.25, -0.2) is 0 Å². The van der Waals surface area contributed by atoms with Crippen LogP contribution in [0.15, 0.2) is 12.2 Å². The first kappa shape index (κ1) is 62.6. The molecule has 0 saturated heterocycles. The molecular weight excluding hydrogens is 791 g/mol. The number of hydrogen-bond acceptors (Lipinski definition) is 5. The maximum atomic E-state index is 12.4. The molecule has 0 aromatic heterocycles. The molecule has 3 N–H and O–H groups in total. The third kappa shape index (κ3) is 50.0. The van der Waals surface area contributed by atoms with Crippen molar-refractivity contribution in [2.24, 2.45) is 0 Å². The van der Waals surface area contributed by atoms with E-state index in [1.807, 2.05) is 0 Å². The van der Waals surface area contributed by atoms with E-state index < -0.39 is 12.1 Å². The fraction of sp³-hybridized carbons (Fsp3) is 0.931. The van der Waals surface area contributed by atoms with Gasteiger partial charge in [0.25, 0.3) is 0 Å². The molecule has 2 unspecified atom stereocenters. The topological polar surface area (TPSA) is 95.9 Å². The minimum atomic E-state index is -0.665. The van der Waals surface area contributed by atoms with E-state index in [9.17, 15) is 19.8 Å². The molecule has 1 amide bonds. The van der Waals surface area contributed by atoms with Crippen molar-refractivity contribution in [2.45, 2.75) is 334 Å². The van der Waals surface area contributed by atoms with Crippen LogP contribution < -0.4 is 5.32 Å². The van der Waals surface area contributed by atoms with Crippen molar-refractivity contribution in [3.05, 3.63) is 12.2 Å². The van der Waals surface area contributed by atoms with Gasteiger partial charge in [0, 0.05) is 12.8 Å². The Morgan fingerprint density at radius 3 is 1.11 bits per heavy atom. The van der Waals surface area contributed by atoms with Gasteiger partial charge < -0.3 is 20.3 Å². The summed E-state index contributed by atoms with van der Waals surface area (Å²) >= 11 is 0. The Morgan fingerprint density at radius 1 is 0.422 bits per heavy atom. The number of carbonyl (C=O) groups excluding carboxylic acids is 2. The molecule has 0 aliphatic rings. The van der Waals surface area contributed by atoms with Gasteiger partial charge >= 0.3 is 5.97 Å². The maximum absolute atomic E-state index is 12.4. The number of aliphatic hydroxyl groups excluding tert-OH is 2. The third-order valence-electron chi connectivity index (χ3n) is 13.6. The van der Waals surface area contributed by atoms with Crippen LogP contribution in [0.3, 0.4) is 0 Å². The zero-order valence-corrected chi connectivity index (χ0v) is 43.3. The number of carbonyl (C=O) groups is 2. The first-order valence-electron chi connectivity index (χ1n) is 28.9. The second kappa shape index (κ2) is 54.2. The second-order valence-corrected chi connectivity index (χ2v) is 20.0. The Morgan fingerprint density at radius 2 is 0.734 bits per heavy atom. The molecule has 0 aliphatic heterocycles. The van der Waals surface area contributed by atoms with Crippen molar-refractivity contribution in [1.82, 2.24) is 5.32 Å². The summed E-state index contributed by atoms with van der Waals surface area (Å²) in [5.74, 6) is -0.0279. The first-order valence-corrected chi connectivity index (χ1v) is 28.9. The molecular formula is C58H113NO5. The lowest BCUT2D eigenvalue weighted by Crippen LogP contribution is -2.45. The highest BCUT2D eigenvalue weighted by Crippen LogP contribution is 2.17. The summed E-state index contributed by atoms with van der Waals surface area (Å²) in [6.45, 7) is 4.95. The molecule has 0 aromatic carbocycles. The van der Waals surface area contributed by atoms with Crippen LogP contribution in [-0.2, 0) is 14.3 Å². The second-order valence-electron chi connectivity index (χ2n) is 20.0. The Hall–Kier alpha value is -1.40. The standard InChI is InChI=1S/C58H113NO5/c1-3-5-7-9-11-13-15-27-32-36-40-44-48-52-58(63)64-53-49-45-41-37-33-29-26-24-22-20-18-16-17-19-21-23-25-28-31-35-39-43-47-51-57(62)59-55(54-60)56(61)50-46-42-38-34-30-14-12-10-8-6-4-2/h19,21,55-56,60-61H,3-18,20,22-54H2,1-2H3,(H,59,62)/b21-19-. The van der Waals surface area contributed by atoms with Gasteiger partial charge in [-0.3, -0.25) is 9.59 Å². The Bertz CT molecular complexity index is 955. The molecule has 380 valence electrons. The molecule has 0 heterocycles. The molecule has 2 atom stereocenters. The van der Waals surface area contributed by atoms with Crippen molar-refractivity contribution >= 4 is 11.9 Å². The van der Waals surface area contributed by atoms with E-state index in [4.69, 9.17) is 4.74 Å². The summed E-state index contributed by atoms with van der Waals surface area (Å²) in [4.78, 5) is 24.4. The molecule has 0 spiro atoms. The molecule has 0 aromatic rings. The lowest BCUT2D eigenvalue weighted by atomic mass is 10.0. The van der Waals surface area contributed by atoms with Crippen LogP contribution in [0.5, 0.6) is 0 Å². The minimum absolute atomic E-state index is 0.0133. The molecule has 6 heteroatoms. The molecule has 0 fully saturated rings. The Kier molecular flexibility index (Phi) is 53.0. The van der Waals surface area contributed by atoms with Crippen molar-refractivity contribution in [1.29, 1.82) is 0 Å². The van der Waals surface area contributed by atoms with Gasteiger partial charge in [-0.1, -0.05) is 270 Å². The van der Waals surface area contributed by atoms with Crippen LogP contribution in [0.2, 0.25) is 0 Å². The zero-order chi connectivity index (χ0) is 46.5. The number of unbranched alkanes of at least 4 members (excludes halogenated alkanes) is 41. The lowest BCUT2D eigenvalue weighted by molar-refractivity contribution is -0.143. The number of ether oxygens (including phenoxy) is 1. The molecule has 0 aliphatic carbocycles. The summed E-state index contributed by atoms with van der Waals surface area (Å²) in [6, 6.07) is -0.543. The fourth-order valence-electron chi connectivity index (χ4n) is 9.11. The van der Waals surface area contributed by atoms with Crippen LogP contribution >= 0.6 is 0 Å². The number of hydrogen-bond donors (Lipinski definition) is 3. The summed E-state index contributed by atoms with van der Waals surface area (Å²) < 4.78 is 5.47. The van der Waals surface area contributed by atoms with Gasteiger partial charge in [0.1, 0.15) is 0 Å². The molecule has 0 bridgehead atoms. The molecule has 0 radical (unpaired) electrons. The first-order chi connectivity index (χ1) is 31.5. The average Bonchev–Trinajstić information content (AvgIpc) is 3.29. The van der Waals surface area contributed by atoms with Crippen molar-refractivity contribution < 1.29 is 24.5 Å². The highest BCUT2D eigenvalue weighted by atomic mass is 16.5. The van der Waals surface area contributed by atoms with Gasteiger partial charge in [-0.2, -0.15) is 0 Å². The number of rotatable bonds is 54. The van der Waals surface area contributed by atoms with Crippen LogP contribution in [0, 0.1) is 0 Å². The third-order valence-corrected chi connectivity index (χ3v) is 13.6. The SMILES string of the molecule is CCCCCCCCCCCCCCCC(=O)OCCCCCCCCCCCCCC/C=C\CCCCCCCCCC(=O)NC(CO)C(O)CCCCCCCCCCCCC. The number of esters is 1. The largest absolute Gasteiger partial charge is 0.466 e. The van der Waals surface area contributed by atoms with Gasteiger partial charge in [0.2, 0.25) is 5.91 Å². The van der Waals surface area contributed by atoms with E-state index in [0.717, 1.165) is 38.5 Å². The summed E-state index contributed by atoms with van der Waals surface area (Å²) in [7, 11) is 0. The smallest absolute Gasteiger partial charge is 0.305 e. The maximum Gasteiger partial charge on any atom is 0.305 e. The van der Waals surface area contributed by atoms with Crippen molar-refractivity contribution in [2.75, 3.05) is 13.2 Å². The molecule has 6 nitrogen and oxygen atoms in total. The van der Waals surface area contributed by atoms with Crippen LogP contribution in [-0.4, -0.2) is 47.4 Å². The van der Waals surface area contributed by atoms with Crippen molar-refractivity contribution in [3.63, 3.8) is 0 Å². The molecule has 64 heavy (non-hydrogen) atoms. The minimum Gasteiger partial charge on any atom is -0.466 e. The van der Waals surface area contributed by atoms with Gasteiger partial charge in [0.05, 0.1) is 25.4 Å². The summed E-state index contributed by atoms with van der Waals surface area (Å²) in [5, 5.41) is 23.2. The van der Waals surface area contributed by atoms with E-state index in [1.165, 1.54) is 250 Å². The Labute approximate surface area is 399 Å². The zero-order valence-electron chi connectivity index (χ0n) is 43.3. The number of amides is 1. The highest BCUT2D eigenvalue weighted by Gasteiger charge is 2.20. The lowest BCUT2D eigenvalue weighted by Gasteiger charge is -2.22. The predicted octanol–water partition coefficient (Wildman–Crippen LogP) is 17.7. The fourth-order valence-corrected chi connectivity index (χ4v) is 9.11. The van der Waals surface area contributed by atoms with E-state index in [-0.39, 0.29) is 18.5 Å². The quantitative estimate of drug-likeness (QED) is 0.0321. The monoisotopic (exact) mass is 904 g/mol. The van der Waals surface area contributed by atoms with Crippen molar-refractivity contribution in [3.8, 4) is 0 Å². The normalized spacial score (nSPS) is 12.6. The van der Waals surface area contributed by atoms with E-state index >= 15 is 0 Å².